The molecule has 0 aliphatic heterocycles. The third kappa shape index (κ3) is 3.76. The summed E-state index contributed by atoms with van der Waals surface area (Å²) in [5.74, 6) is 0.262. The summed E-state index contributed by atoms with van der Waals surface area (Å²) in [5.41, 5.74) is 1.36. The largest absolute Gasteiger partial charge is 0.507 e. The molecule has 27 heavy (non-hydrogen) atoms. The molecule has 0 bridgehead atoms. The van der Waals surface area contributed by atoms with Gasteiger partial charge in [0.05, 0.1) is 12.3 Å². The summed E-state index contributed by atoms with van der Waals surface area (Å²) in [4.78, 5) is 33.5. The van der Waals surface area contributed by atoms with Crippen LogP contribution in [0.1, 0.15) is 34.3 Å². The summed E-state index contributed by atoms with van der Waals surface area (Å²) in [7, 11) is 1.74. The molecule has 1 aliphatic rings. The number of rotatable bonds is 4. The van der Waals surface area contributed by atoms with Gasteiger partial charge in [-0.25, -0.2) is 14.8 Å². The van der Waals surface area contributed by atoms with Gasteiger partial charge in [0.25, 0.3) is 0 Å². The number of thiazole rings is 1. The number of aromatic nitrogens is 2. The molecule has 0 saturated heterocycles. The number of fused-ring (bicyclic) bond motifs is 1. The molecule has 0 saturated carbocycles. The fourth-order valence-electron chi connectivity index (χ4n) is 2.62. The minimum atomic E-state index is -0.659. The predicted octanol–water partition coefficient (Wildman–Crippen LogP) is 3.49. The molecule has 0 spiro atoms. The highest BCUT2D eigenvalue weighted by molar-refractivity contribution is 7.83. The first kappa shape index (κ1) is 19.2. The molecule has 1 aliphatic carbocycles. The van der Waals surface area contributed by atoms with E-state index >= 15 is 0 Å². The van der Waals surface area contributed by atoms with E-state index < -0.39 is 6.09 Å². The van der Waals surface area contributed by atoms with Gasteiger partial charge < -0.3 is 15.2 Å². The molecule has 0 unspecified atom stereocenters. The van der Waals surface area contributed by atoms with Crippen molar-refractivity contribution in [2.24, 2.45) is 0 Å². The lowest BCUT2D eigenvalue weighted by molar-refractivity contribution is 0.102. The van der Waals surface area contributed by atoms with Gasteiger partial charge in [0.2, 0.25) is 10.9 Å². The fourth-order valence-corrected chi connectivity index (χ4v) is 3.82. The zero-order valence-corrected chi connectivity index (χ0v) is 16.4. The number of hydrogen-bond acceptors (Lipinski definition) is 9. The number of amides is 1. The second-order valence-corrected chi connectivity index (χ2v) is 7.00. The third-order valence-electron chi connectivity index (χ3n) is 3.98. The Labute approximate surface area is 165 Å². The maximum absolute atomic E-state index is 12.8. The lowest BCUT2D eigenvalue weighted by atomic mass is 9.93. The van der Waals surface area contributed by atoms with E-state index in [1.807, 2.05) is 0 Å². The molecule has 142 valence electrons. The third-order valence-corrected chi connectivity index (χ3v) is 5.55. The van der Waals surface area contributed by atoms with Crippen LogP contribution < -0.4 is 9.62 Å². The van der Waals surface area contributed by atoms with Crippen molar-refractivity contribution in [1.29, 1.82) is 0 Å². The van der Waals surface area contributed by atoms with Crippen molar-refractivity contribution >= 4 is 52.7 Å². The van der Waals surface area contributed by atoms with Crippen LogP contribution >= 0.6 is 24.2 Å². The van der Waals surface area contributed by atoms with E-state index in [0.29, 0.717) is 40.4 Å². The first-order valence-electron chi connectivity index (χ1n) is 8.22. The molecular weight excluding hydrogens is 388 g/mol. The van der Waals surface area contributed by atoms with Gasteiger partial charge in [-0.15, -0.1) is 0 Å². The normalized spacial score (nSPS) is 15.1. The van der Waals surface area contributed by atoms with Gasteiger partial charge in [0, 0.05) is 24.4 Å². The molecule has 0 fully saturated rings. The number of aliphatic hydroxyl groups excluding tert-OH is 1. The lowest BCUT2D eigenvalue weighted by Crippen LogP contribution is -2.21. The SMILES string of the molecule is CCOC(=O)N(S)c1nc2c(s1)C(=O)C(=C(O)c1ccc(NC)nc1)CC2. The fraction of sp³-hybridized carbons (Fsp3) is 0.294. The smallest absolute Gasteiger partial charge is 0.426 e. The molecule has 1 amide bonds. The molecule has 8 nitrogen and oxygen atoms in total. The van der Waals surface area contributed by atoms with Gasteiger partial charge in [0.15, 0.2) is 0 Å². The van der Waals surface area contributed by atoms with Gasteiger partial charge >= 0.3 is 6.09 Å². The van der Waals surface area contributed by atoms with Gasteiger partial charge in [-0.3, -0.25) is 4.79 Å². The second-order valence-electron chi connectivity index (χ2n) is 5.62. The Hall–Kier alpha value is -2.59. The molecular formula is C17H18N4O4S2. The number of carbonyl (C=O) groups excluding carboxylic acids is 2. The van der Waals surface area contributed by atoms with Crippen LogP contribution in [0.4, 0.5) is 15.7 Å². The molecule has 3 rings (SSSR count). The van der Waals surface area contributed by atoms with Crippen LogP contribution in [-0.2, 0) is 11.2 Å². The van der Waals surface area contributed by atoms with Crippen molar-refractivity contribution < 1.29 is 19.4 Å². The highest BCUT2D eigenvalue weighted by Crippen LogP contribution is 2.36. The highest BCUT2D eigenvalue weighted by Gasteiger charge is 2.31. The molecule has 0 atom stereocenters. The van der Waals surface area contributed by atoms with Gasteiger partial charge in [-0.1, -0.05) is 24.2 Å². The first-order valence-corrected chi connectivity index (χ1v) is 9.44. The van der Waals surface area contributed by atoms with Crippen LogP contribution in [0.5, 0.6) is 0 Å². The standard InChI is InChI=1S/C17H18N4O4S2/c1-3-25-17(24)21(26)16-20-11-6-5-10(14(23)15(11)27-16)13(22)9-4-7-12(18-2)19-8-9/h4,7-8,22,26H,3,5-6H2,1-2H3,(H,18,19). The Kier molecular flexibility index (Phi) is 5.66. The number of anilines is 2. The molecule has 2 aromatic rings. The van der Waals surface area contributed by atoms with Gasteiger partial charge in [0.1, 0.15) is 16.5 Å². The number of thiol groups is 1. The van der Waals surface area contributed by atoms with Crippen LogP contribution in [0.3, 0.4) is 0 Å². The number of allylic oxidation sites excluding steroid dienone is 1. The quantitative estimate of drug-likeness (QED) is 0.406. The molecule has 10 heteroatoms. The number of nitrogens with one attached hydrogen (secondary N) is 1. The number of ether oxygens (including phenoxy) is 1. The Balaban J connectivity index is 1.90. The van der Waals surface area contributed by atoms with Crippen molar-refractivity contribution in [1.82, 2.24) is 9.97 Å². The lowest BCUT2D eigenvalue weighted by Gasteiger charge is -2.14. The number of carbonyl (C=O) groups is 2. The minimum absolute atomic E-state index is 0.0936. The number of pyridine rings is 1. The number of aryl methyl sites for hydroxylation is 1. The van der Waals surface area contributed by atoms with E-state index in [1.165, 1.54) is 6.20 Å². The Morgan fingerprint density at radius 1 is 1.44 bits per heavy atom. The molecule has 0 radical (unpaired) electrons. The van der Waals surface area contributed by atoms with E-state index in [-0.39, 0.29) is 23.3 Å². The molecule has 0 aromatic carbocycles. The summed E-state index contributed by atoms with van der Waals surface area (Å²) in [6.07, 6.45) is 1.67. The maximum atomic E-state index is 12.8. The average molecular weight is 406 g/mol. The maximum Gasteiger partial charge on any atom is 0.426 e. The van der Waals surface area contributed by atoms with E-state index in [9.17, 15) is 14.7 Å². The summed E-state index contributed by atoms with van der Waals surface area (Å²) >= 11 is 5.14. The number of hydrogen-bond donors (Lipinski definition) is 3. The summed E-state index contributed by atoms with van der Waals surface area (Å²) in [6, 6.07) is 3.41. The monoisotopic (exact) mass is 406 g/mol. The number of nitrogens with zero attached hydrogens (tertiary/aromatic N) is 3. The number of aliphatic hydroxyl groups is 1. The Bertz CT molecular complexity index is 908. The number of ketones is 1. The van der Waals surface area contributed by atoms with Crippen molar-refractivity contribution in [3.8, 4) is 0 Å². The zero-order chi connectivity index (χ0) is 19.6. The zero-order valence-electron chi connectivity index (χ0n) is 14.7. The van der Waals surface area contributed by atoms with Crippen molar-refractivity contribution in [3.63, 3.8) is 0 Å². The van der Waals surface area contributed by atoms with E-state index in [2.05, 4.69) is 28.1 Å². The Morgan fingerprint density at radius 2 is 2.22 bits per heavy atom. The average Bonchev–Trinajstić information content (AvgIpc) is 3.12. The molecule has 2 heterocycles. The van der Waals surface area contributed by atoms with Crippen molar-refractivity contribution in [2.75, 3.05) is 23.3 Å². The summed E-state index contributed by atoms with van der Waals surface area (Å²) in [6.45, 7) is 1.90. The van der Waals surface area contributed by atoms with Gasteiger partial charge in [-0.2, -0.15) is 4.31 Å². The van der Waals surface area contributed by atoms with Gasteiger partial charge in [-0.05, 0) is 31.9 Å². The van der Waals surface area contributed by atoms with Crippen molar-refractivity contribution in [3.05, 3.63) is 40.0 Å². The van der Waals surface area contributed by atoms with Crippen LogP contribution in [-0.4, -0.2) is 40.6 Å². The first-order chi connectivity index (χ1) is 13.0. The topological polar surface area (TPSA) is 105 Å². The van der Waals surface area contributed by atoms with Crippen LogP contribution in [0.2, 0.25) is 0 Å². The van der Waals surface area contributed by atoms with Crippen LogP contribution in [0.25, 0.3) is 5.76 Å². The van der Waals surface area contributed by atoms with Crippen LogP contribution in [0.15, 0.2) is 23.9 Å². The second kappa shape index (κ2) is 7.97. The molecule has 2 aromatic heterocycles. The Morgan fingerprint density at radius 3 is 2.85 bits per heavy atom. The van der Waals surface area contributed by atoms with E-state index in [4.69, 9.17) is 4.74 Å². The molecule has 2 N–H and O–H groups in total. The number of Topliss-reactive ketones (excluding diaryl/α,β-unsaturated/α-hetero) is 1. The minimum Gasteiger partial charge on any atom is -0.507 e. The van der Waals surface area contributed by atoms with E-state index in [1.54, 1.807) is 26.1 Å². The van der Waals surface area contributed by atoms with E-state index in [0.717, 1.165) is 15.6 Å². The van der Waals surface area contributed by atoms with Crippen LogP contribution in [0, 0.1) is 0 Å². The highest BCUT2D eigenvalue weighted by atomic mass is 32.1. The predicted molar refractivity (Wildman–Crippen MR) is 107 cm³/mol. The van der Waals surface area contributed by atoms with Crippen molar-refractivity contribution in [2.45, 2.75) is 19.8 Å². The summed E-state index contributed by atoms with van der Waals surface area (Å²) < 4.78 is 5.86. The summed E-state index contributed by atoms with van der Waals surface area (Å²) in [5, 5.41) is 13.7.